The summed E-state index contributed by atoms with van der Waals surface area (Å²) in [6.45, 7) is 1.71. The molecule has 0 fully saturated rings. The fourth-order valence-corrected chi connectivity index (χ4v) is 3.81. The summed E-state index contributed by atoms with van der Waals surface area (Å²) in [5.41, 5.74) is 0.852. The highest BCUT2D eigenvalue weighted by atomic mass is 35.5. The predicted octanol–water partition coefficient (Wildman–Crippen LogP) is 1.61. The number of thiazole rings is 1. The van der Waals surface area contributed by atoms with Gasteiger partial charge in [-0.05, 0) is 18.6 Å². The molecule has 0 spiro atoms. The van der Waals surface area contributed by atoms with Crippen molar-refractivity contribution in [1.82, 2.24) is 15.0 Å². The molecule has 0 unspecified atom stereocenters. The normalized spacial score (nSPS) is 11.6. The lowest BCUT2D eigenvalue weighted by atomic mass is 10.2. The molecule has 3 rings (SSSR count). The van der Waals surface area contributed by atoms with E-state index in [0.717, 1.165) is 11.3 Å². The summed E-state index contributed by atoms with van der Waals surface area (Å²) < 4.78 is 14.6. The van der Waals surface area contributed by atoms with Crippen LogP contribution in [0.3, 0.4) is 0 Å². The van der Waals surface area contributed by atoms with Gasteiger partial charge in [0.2, 0.25) is 0 Å². The number of H-pyrrole nitrogens is 1. The SMILES string of the molecule is C[C@H](CO)Nc1nc(SCc2cccc(Cl)c2F)nc2[nH]c(=O)sc12.O.O. The molecular formula is C15H18ClFN4O4S2. The first kappa shape index (κ1) is 23.3. The molecule has 0 bridgehead atoms. The summed E-state index contributed by atoms with van der Waals surface area (Å²) in [6.07, 6.45) is 0. The molecule has 2 aromatic heterocycles. The van der Waals surface area contributed by atoms with Crippen molar-refractivity contribution in [3.05, 3.63) is 44.3 Å². The van der Waals surface area contributed by atoms with Crippen LogP contribution in [0.2, 0.25) is 5.02 Å². The molecule has 8 nitrogen and oxygen atoms in total. The Morgan fingerprint density at radius 1 is 1.41 bits per heavy atom. The van der Waals surface area contributed by atoms with E-state index in [1.807, 2.05) is 0 Å². The van der Waals surface area contributed by atoms with E-state index in [1.54, 1.807) is 19.1 Å². The zero-order valence-electron chi connectivity index (χ0n) is 14.0. The van der Waals surface area contributed by atoms with Crippen LogP contribution in [0, 0.1) is 5.82 Å². The van der Waals surface area contributed by atoms with Crippen molar-refractivity contribution in [3.8, 4) is 0 Å². The largest absolute Gasteiger partial charge is 0.412 e. The lowest BCUT2D eigenvalue weighted by Gasteiger charge is -2.12. The first-order valence-corrected chi connectivity index (χ1v) is 9.50. The molecule has 1 atom stereocenters. The Bertz CT molecular complexity index is 969. The molecule has 0 amide bonds. The highest BCUT2D eigenvalue weighted by Crippen LogP contribution is 2.29. The average molecular weight is 437 g/mol. The Labute approximate surface area is 166 Å². The maximum Gasteiger partial charge on any atom is 0.306 e. The number of rotatable bonds is 6. The van der Waals surface area contributed by atoms with Crippen LogP contribution in [0.5, 0.6) is 0 Å². The number of hydrogen-bond donors (Lipinski definition) is 3. The van der Waals surface area contributed by atoms with Gasteiger partial charge in [-0.2, -0.15) is 0 Å². The second-order valence-corrected chi connectivity index (χ2v) is 7.61. The van der Waals surface area contributed by atoms with Gasteiger partial charge < -0.3 is 21.4 Å². The summed E-state index contributed by atoms with van der Waals surface area (Å²) in [7, 11) is 0. The molecule has 0 aliphatic carbocycles. The van der Waals surface area contributed by atoms with Crippen molar-refractivity contribution in [2.45, 2.75) is 23.9 Å². The fraction of sp³-hybridized carbons (Fsp3) is 0.267. The van der Waals surface area contributed by atoms with Crippen LogP contribution in [0.4, 0.5) is 10.2 Å². The Balaban J connectivity index is 0.00000182. The van der Waals surface area contributed by atoms with Gasteiger partial charge in [-0.1, -0.05) is 46.8 Å². The minimum Gasteiger partial charge on any atom is -0.412 e. The quantitative estimate of drug-likeness (QED) is 0.394. The first-order chi connectivity index (χ1) is 12.0. The number of halogens is 2. The zero-order valence-corrected chi connectivity index (χ0v) is 16.4. The highest BCUT2D eigenvalue weighted by molar-refractivity contribution is 7.98. The lowest BCUT2D eigenvalue weighted by Crippen LogP contribution is -2.20. The van der Waals surface area contributed by atoms with Gasteiger partial charge in [0.1, 0.15) is 10.5 Å². The molecule has 148 valence electrons. The number of thioether (sulfide) groups is 1. The maximum atomic E-state index is 14.0. The topological polar surface area (TPSA) is 154 Å². The monoisotopic (exact) mass is 436 g/mol. The standard InChI is InChI=1S/C15H14ClFN4O2S2.2H2O/c1-7(5-22)18-12-11-13(21-15(23)25-11)20-14(19-12)24-6-8-3-2-4-9(16)10(8)17;;/h2-4,7,22H,5-6H2,1H3,(H2,18,19,20,21,23);2*1H2/t7-;;/m1../s1. The maximum absolute atomic E-state index is 14.0. The smallest absolute Gasteiger partial charge is 0.306 e. The molecule has 3 aromatic rings. The second-order valence-electron chi connectivity index (χ2n) is 5.28. The van der Waals surface area contributed by atoms with E-state index in [1.165, 1.54) is 17.8 Å². The summed E-state index contributed by atoms with van der Waals surface area (Å²) in [5, 5.41) is 12.7. The van der Waals surface area contributed by atoms with E-state index in [-0.39, 0.29) is 33.5 Å². The number of benzene rings is 1. The van der Waals surface area contributed by atoms with Gasteiger partial charge in [0, 0.05) is 11.8 Å². The van der Waals surface area contributed by atoms with E-state index in [2.05, 4.69) is 20.3 Å². The van der Waals surface area contributed by atoms with Crippen molar-refractivity contribution < 1.29 is 20.4 Å². The third-order valence-corrected chi connectivity index (χ3v) is 5.37. The third-order valence-electron chi connectivity index (χ3n) is 3.31. The Hall–Kier alpha value is -1.76. The molecule has 0 saturated heterocycles. The molecule has 2 heterocycles. The number of nitrogens with zero attached hydrogens (tertiary/aromatic N) is 2. The molecule has 0 saturated carbocycles. The lowest BCUT2D eigenvalue weighted by molar-refractivity contribution is 0.281. The van der Waals surface area contributed by atoms with E-state index in [4.69, 9.17) is 11.6 Å². The summed E-state index contributed by atoms with van der Waals surface area (Å²) >= 11 is 8.01. The van der Waals surface area contributed by atoms with Crippen LogP contribution in [0.1, 0.15) is 12.5 Å². The average Bonchev–Trinajstić information content (AvgIpc) is 2.96. The Morgan fingerprint density at radius 3 is 2.85 bits per heavy atom. The summed E-state index contributed by atoms with van der Waals surface area (Å²) in [4.78, 5) is 22.7. The number of aliphatic hydroxyl groups excluding tert-OH is 1. The minimum atomic E-state index is -0.464. The number of nitrogens with one attached hydrogen (secondary N) is 2. The predicted molar refractivity (Wildman–Crippen MR) is 106 cm³/mol. The van der Waals surface area contributed by atoms with Crippen LogP contribution in [0.15, 0.2) is 28.2 Å². The van der Waals surface area contributed by atoms with Gasteiger partial charge in [0.25, 0.3) is 0 Å². The summed E-state index contributed by atoms with van der Waals surface area (Å²) in [5.74, 6) is 0.291. The molecule has 12 heteroatoms. The van der Waals surface area contributed by atoms with Gasteiger partial charge >= 0.3 is 4.87 Å². The fourth-order valence-electron chi connectivity index (χ4n) is 2.07. The molecule has 0 radical (unpaired) electrons. The van der Waals surface area contributed by atoms with Gasteiger partial charge in [0.05, 0.1) is 11.6 Å². The van der Waals surface area contributed by atoms with E-state index >= 15 is 0 Å². The number of fused-ring (bicyclic) bond motifs is 1. The van der Waals surface area contributed by atoms with Gasteiger partial charge in [0.15, 0.2) is 16.6 Å². The molecule has 1 aromatic carbocycles. The molecule has 0 aliphatic rings. The zero-order chi connectivity index (χ0) is 18.0. The summed E-state index contributed by atoms with van der Waals surface area (Å²) in [6, 6.07) is 4.57. The van der Waals surface area contributed by atoms with Gasteiger partial charge in [-0.25, -0.2) is 14.4 Å². The van der Waals surface area contributed by atoms with Crippen molar-refractivity contribution in [3.63, 3.8) is 0 Å². The minimum absolute atomic E-state index is 0. The number of hydrogen-bond acceptors (Lipinski definition) is 7. The first-order valence-electron chi connectivity index (χ1n) is 7.32. The van der Waals surface area contributed by atoms with E-state index < -0.39 is 5.82 Å². The van der Waals surface area contributed by atoms with Crippen LogP contribution in [0.25, 0.3) is 10.3 Å². The van der Waals surface area contributed by atoms with Crippen molar-refractivity contribution in [1.29, 1.82) is 0 Å². The Morgan fingerprint density at radius 2 is 2.15 bits per heavy atom. The molecular weight excluding hydrogens is 419 g/mol. The van der Waals surface area contributed by atoms with Crippen molar-refractivity contribution >= 4 is 50.9 Å². The van der Waals surface area contributed by atoms with Crippen LogP contribution in [-0.2, 0) is 5.75 Å². The van der Waals surface area contributed by atoms with Gasteiger partial charge in [-0.15, -0.1) is 0 Å². The van der Waals surface area contributed by atoms with Crippen molar-refractivity contribution in [2.24, 2.45) is 0 Å². The van der Waals surface area contributed by atoms with E-state index in [0.29, 0.717) is 32.6 Å². The highest BCUT2D eigenvalue weighted by Gasteiger charge is 2.15. The number of aromatic nitrogens is 3. The third kappa shape index (κ3) is 5.37. The van der Waals surface area contributed by atoms with Crippen LogP contribution >= 0.6 is 34.7 Å². The molecule has 0 aliphatic heterocycles. The second kappa shape index (κ2) is 9.97. The molecule has 27 heavy (non-hydrogen) atoms. The van der Waals surface area contributed by atoms with Crippen LogP contribution < -0.4 is 10.2 Å². The number of anilines is 1. The number of aromatic amines is 1. The van der Waals surface area contributed by atoms with E-state index in [9.17, 15) is 14.3 Å². The van der Waals surface area contributed by atoms with Gasteiger partial charge in [-0.3, -0.25) is 9.78 Å². The van der Waals surface area contributed by atoms with Crippen molar-refractivity contribution in [2.75, 3.05) is 11.9 Å². The Kier molecular flexibility index (Phi) is 8.59. The number of aliphatic hydroxyl groups is 1. The van der Waals surface area contributed by atoms with Crippen LogP contribution in [-0.4, -0.2) is 43.7 Å². The molecule has 7 N–H and O–H groups in total.